The molecule has 0 aliphatic rings. The summed E-state index contributed by atoms with van der Waals surface area (Å²) >= 11 is 1.55. The maximum Gasteiger partial charge on any atom is 0.407 e. The minimum absolute atomic E-state index is 0.381. The molecule has 0 saturated carbocycles. The van der Waals surface area contributed by atoms with Crippen molar-refractivity contribution in [3.05, 3.63) is 24.2 Å². The van der Waals surface area contributed by atoms with Gasteiger partial charge in [0, 0.05) is 18.3 Å². The summed E-state index contributed by atoms with van der Waals surface area (Å²) in [6.07, 6.45) is 4.90. The van der Waals surface area contributed by atoms with Gasteiger partial charge in [-0.1, -0.05) is 0 Å². The molecule has 2 aromatic rings. The fourth-order valence-electron chi connectivity index (χ4n) is 1.76. The number of rotatable bonds is 3. The van der Waals surface area contributed by atoms with Gasteiger partial charge in [-0.15, -0.1) is 11.8 Å². The SMILES string of the molecule is CSc1ncnn2ccc(CNC(=O)OC(C)(C)C)c12. The molecule has 0 bridgehead atoms. The van der Waals surface area contributed by atoms with Gasteiger partial charge in [-0.05, 0) is 33.1 Å². The number of nitrogens with zero attached hydrogens (tertiary/aromatic N) is 3. The van der Waals surface area contributed by atoms with E-state index in [2.05, 4.69) is 15.4 Å². The first-order valence-electron chi connectivity index (χ1n) is 6.23. The highest BCUT2D eigenvalue weighted by atomic mass is 32.2. The Morgan fingerprint density at radius 3 is 2.90 bits per heavy atom. The highest BCUT2D eigenvalue weighted by molar-refractivity contribution is 7.98. The summed E-state index contributed by atoms with van der Waals surface area (Å²) in [5, 5.41) is 7.77. The Kier molecular flexibility index (Phi) is 4.17. The number of carbonyl (C=O) groups excluding carboxylic acids is 1. The van der Waals surface area contributed by atoms with Crippen LogP contribution in [0.5, 0.6) is 0 Å². The summed E-state index contributed by atoms with van der Waals surface area (Å²) < 4.78 is 6.97. The summed E-state index contributed by atoms with van der Waals surface area (Å²) in [4.78, 5) is 15.9. The maximum atomic E-state index is 11.7. The minimum Gasteiger partial charge on any atom is -0.444 e. The normalized spacial score (nSPS) is 11.6. The van der Waals surface area contributed by atoms with Gasteiger partial charge in [0.15, 0.2) is 0 Å². The van der Waals surface area contributed by atoms with Gasteiger partial charge in [0.1, 0.15) is 22.5 Å². The molecular weight excluding hydrogens is 276 g/mol. The zero-order valence-electron chi connectivity index (χ0n) is 12.0. The number of thioether (sulfide) groups is 1. The fraction of sp³-hybridized carbons (Fsp3) is 0.462. The molecule has 2 heterocycles. The summed E-state index contributed by atoms with van der Waals surface area (Å²) in [6, 6.07) is 1.92. The van der Waals surface area contributed by atoms with Crippen LogP contribution < -0.4 is 5.32 Å². The first-order chi connectivity index (χ1) is 9.40. The number of carbonyl (C=O) groups is 1. The molecule has 0 atom stereocenters. The lowest BCUT2D eigenvalue weighted by Crippen LogP contribution is -2.32. The second-order valence-corrected chi connectivity index (χ2v) is 6.05. The van der Waals surface area contributed by atoms with E-state index in [1.165, 1.54) is 6.33 Å². The number of amides is 1. The van der Waals surface area contributed by atoms with Crippen LogP contribution in [0.4, 0.5) is 4.79 Å². The van der Waals surface area contributed by atoms with Gasteiger partial charge in [-0.25, -0.2) is 14.3 Å². The van der Waals surface area contributed by atoms with Crippen LogP contribution in [0.1, 0.15) is 26.3 Å². The predicted octanol–water partition coefficient (Wildman–Crippen LogP) is 2.48. The molecule has 0 aromatic carbocycles. The van der Waals surface area contributed by atoms with Crippen molar-refractivity contribution in [1.29, 1.82) is 0 Å². The van der Waals surface area contributed by atoms with Crippen molar-refractivity contribution in [2.45, 2.75) is 37.9 Å². The molecule has 0 spiro atoms. The zero-order chi connectivity index (χ0) is 14.8. The Morgan fingerprint density at radius 1 is 1.50 bits per heavy atom. The Bertz CT molecular complexity index is 618. The van der Waals surface area contributed by atoms with E-state index < -0.39 is 11.7 Å². The molecule has 6 nitrogen and oxygen atoms in total. The molecule has 0 fully saturated rings. The summed E-state index contributed by atoms with van der Waals surface area (Å²) in [5.74, 6) is 0. The van der Waals surface area contributed by atoms with Gasteiger partial charge in [-0.2, -0.15) is 5.10 Å². The van der Waals surface area contributed by atoms with E-state index in [0.717, 1.165) is 16.1 Å². The van der Waals surface area contributed by atoms with Gasteiger partial charge >= 0.3 is 6.09 Å². The van der Waals surface area contributed by atoms with E-state index in [0.29, 0.717) is 6.54 Å². The lowest BCUT2D eigenvalue weighted by molar-refractivity contribution is 0.0524. The Labute approximate surface area is 121 Å². The molecule has 0 radical (unpaired) electrons. The molecule has 1 N–H and O–H groups in total. The minimum atomic E-state index is -0.500. The van der Waals surface area contributed by atoms with Gasteiger partial charge in [0.05, 0.1) is 0 Å². The van der Waals surface area contributed by atoms with Gasteiger partial charge in [0.2, 0.25) is 0 Å². The molecular formula is C13H18N4O2S. The molecule has 20 heavy (non-hydrogen) atoms. The van der Waals surface area contributed by atoms with Crippen molar-refractivity contribution in [1.82, 2.24) is 19.9 Å². The van der Waals surface area contributed by atoms with Crippen molar-refractivity contribution in [2.75, 3.05) is 6.26 Å². The van der Waals surface area contributed by atoms with Crippen molar-refractivity contribution in [3.63, 3.8) is 0 Å². The molecule has 0 saturated heterocycles. The molecule has 0 unspecified atom stereocenters. The Hall–Kier alpha value is -1.76. The van der Waals surface area contributed by atoms with Crippen LogP contribution in [0.25, 0.3) is 5.52 Å². The quantitative estimate of drug-likeness (QED) is 0.881. The van der Waals surface area contributed by atoms with E-state index in [1.807, 2.05) is 39.3 Å². The Balaban J connectivity index is 2.13. The monoisotopic (exact) mass is 294 g/mol. The van der Waals surface area contributed by atoms with Crippen LogP contribution >= 0.6 is 11.8 Å². The number of fused-ring (bicyclic) bond motifs is 1. The highest BCUT2D eigenvalue weighted by Crippen LogP contribution is 2.22. The summed E-state index contributed by atoms with van der Waals surface area (Å²) in [6.45, 7) is 5.88. The molecule has 0 aliphatic heterocycles. The third kappa shape index (κ3) is 3.41. The summed E-state index contributed by atoms with van der Waals surface area (Å²) in [7, 11) is 0. The van der Waals surface area contributed by atoms with Crippen LogP contribution in [0.3, 0.4) is 0 Å². The number of nitrogens with one attached hydrogen (secondary N) is 1. The van der Waals surface area contributed by atoms with Crippen molar-refractivity contribution >= 4 is 23.4 Å². The lowest BCUT2D eigenvalue weighted by atomic mass is 10.2. The largest absolute Gasteiger partial charge is 0.444 e. The lowest BCUT2D eigenvalue weighted by Gasteiger charge is -2.19. The standard InChI is InChI=1S/C13H18N4O2S/c1-13(2,3)19-12(18)14-7-9-5-6-17-10(9)11(20-4)15-8-16-17/h5-6,8H,7H2,1-4H3,(H,14,18). The van der Waals surface area contributed by atoms with Crippen molar-refractivity contribution < 1.29 is 9.53 Å². The van der Waals surface area contributed by atoms with Crippen LogP contribution in [-0.2, 0) is 11.3 Å². The molecule has 108 valence electrons. The van der Waals surface area contributed by atoms with Gasteiger partial charge in [-0.3, -0.25) is 0 Å². The zero-order valence-corrected chi connectivity index (χ0v) is 12.8. The number of ether oxygens (including phenoxy) is 1. The number of aromatic nitrogens is 3. The van der Waals surface area contributed by atoms with Crippen molar-refractivity contribution in [2.24, 2.45) is 0 Å². The molecule has 1 amide bonds. The van der Waals surface area contributed by atoms with E-state index >= 15 is 0 Å². The van der Waals surface area contributed by atoms with E-state index in [9.17, 15) is 4.79 Å². The van der Waals surface area contributed by atoms with Crippen LogP contribution in [0, 0.1) is 0 Å². The summed E-state index contributed by atoms with van der Waals surface area (Å²) in [5.41, 5.74) is 1.37. The third-order valence-electron chi connectivity index (χ3n) is 2.52. The van der Waals surface area contributed by atoms with Gasteiger partial charge < -0.3 is 10.1 Å². The van der Waals surface area contributed by atoms with E-state index in [1.54, 1.807) is 16.3 Å². The molecule has 2 rings (SSSR count). The second-order valence-electron chi connectivity index (χ2n) is 5.26. The second kappa shape index (κ2) is 5.70. The van der Waals surface area contributed by atoms with Crippen LogP contribution in [0.15, 0.2) is 23.6 Å². The number of hydrogen-bond acceptors (Lipinski definition) is 5. The number of hydrogen-bond donors (Lipinski definition) is 1. The average molecular weight is 294 g/mol. The number of alkyl carbamates (subject to hydrolysis) is 1. The molecule has 0 aliphatic carbocycles. The van der Waals surface area contributed by atoms with Crippen molar-refractivity contribution in [3.8, 4) is 0 Å². The average Bonchev–Trinajstić information content (AvgIpc) is 2.77. The maximum absolute atomic E-state index is 11.7. The first kappa shape index (κ1) is 14.6. The first-order valence-corrected chi connectivity index (χ1v) is 7.45. The third-order valence-corrected chi connectivity index (χ3v) is 3.20. The van der Waals surface area contributed by atoms with Crippen LogP contribution in [0.2, 0.25) is 0 Å². The van der Waals surface area contributed by atoms with E-state index in [-0.39, 0.29) is 0 Å². The fourth-order valence-corrected chi connectivity index (χ4v) is 2.33. The topological polar surface area (TPSA) is 68.5 Å². The van der Waals surface area contributed by atoms with Gasteiger partial charge in [0.25, 0.3) is 0 Å². The van der Waals surface area contributed by atoms with E-state index in [4.69, 9.17) is 4.74 Å². The molecule has 7 heteroatoms. The Morgan fingerprint density at radius 2 is 2.25 bits per heavy atom. The smallest absolute Gasteiger partial charge is 0.407 e. The predicted molar refractivity (Wildman–Crippen MR) is 77.8 cm³/mol. The highest BCUT2D eigenvalue weighted by Gasteiger charge is 2.16. The van der Waals surface area contributed by atoms with Crippen LogP contribution in [-0.4, -0.2) is 32.5 Å². The molecule has 2 aromatic heterocycles.